The normalized spacial score (nSPS) is 12.6. The van der Waals surface area contributed by atoms with Crippen molar-refractivity contribution in [3.63, 3.8) is 0 Å². The van der Waals surface area contributed by atoms with E-state index in [-0.39, 0.29) is 24.1 Å². The second-order valence-electron chi connectivity index (χ2n) is 6.29. The number of ether oxygens (including phenoxy) is 1. The van der Waals surface area contributed by atoms with Crippen molar-refractivity contribution in [2.24, 2.45) is 5.41 Å². The van der Waals surface area contributed by atoms with Crippen molar-refractivity contribution in [3.8, 4) is 5.75 Å². The first-order valence-electron chi connectivity index (χ1n) is 7.64. The number of carbonyl (C=O) groups excluding carboxylic acids is 1. The highest BCUT2D eigenvalue weighted by Gasteiger charge is 2.31. The number of hydrogen-bond donors (Lipinski definition) is 2. The van der Waals surface area contributed by atoms with Gasteiger partial charge in [-0.2, -0.15) is 0 Å². The van der Waals surface area contributed by atoms with Crippen LogP contribution >= 0.6 is 0 Å². The maximum absolute atomic E-state index is 12.5. The van der Waals surface area contributed by atoms with Crippen molar-refractivity contribution in [3.05, 3.63) is 29.8 Å². The van der Waals surface area contributed by atoms with Gasteiger partial charge in [0.05, 0.1) is 19.8 Å². The maximum atomic E-state index is 12.5. The molecule has 124 valence electrons. The minimum atomic E-state index is -0.191. The fourth-order valence-corrected chi connectivity index (χ4v) is 2.40. The highest BCUT2D eigenvalue weighted by atomic mass is 16.5. The maximum Gasteiger partial charge on any atom is 0.317 e. The Labute approximate surface area is 133 Å². The smallest absolute Gasteiger partial charge is 0.317 e. The number of urea groups is 1. The van der Waals surface area contributed by atoms with Crippen molar-refractivity contribution in [2.75, 3.05) is 26.8 Å². The van der Waals surface area contributed by atoms with Crippen molar-refractivity contribution in [2.45, 2.75) is 33.7 Å². The van der Waals surface area contributed by atoms with Gasteiger partial charge in [-0.25, -0.2) is 4.79 Å². The van der Waals surface area contributed by atoms with Gasteiger partial charge in [0, 0.05) is 18.7 Å². The topological polar surface area (TPSA) is 61.8 Å². The van der Waals surface area contributed by atoms with Crippen LogP contribution in [0.1, 0.15) is 39.3 Å². The molecule has 0 aliphatic rings. The number of likely N-dealkylation sites (N-methyl/N-ethyl adjacent to an activating group) is 1. The molecule has 1 rings (SSSR count). The summed E-state index contributed by atoms with van der Waals surface area (Å²) in [6.45, 7) is 8.95. The van der Waals surface area contributed by atoms with Crippen molar-refractivity contribution in [1.29, 1.82) is 0 Å². The van der Waals surface area contributed by atoms with E-state index in [0.717, 1.165) is 11.3 Å². The van der Waals surface area contributed by atoms with E-state index in [1.165, 1.54) is 0 Å². The van der Waals surface area contributed by atoms with E-state index in [1.54, 1.807) is 12.0 Å². The van der Waals surface area contributed by atoms with Crippen LogP contribution in [-0.2, 0) is 0 Å². The van der Waals surface area contributed by atoms with Crippen molar-refractivity contribution in [1.82, 2.24) is 10.2 Å². The number of para-hydroxylation sites is 1. The molecule has 0 fully saturated rings. The summed E-state index contributed by atoms with van der Waals surface area (Å²) in [5, 5.41) is 12.1. The summed E-state index contributed by atoms with van der Waals surface area (Å²) < 4.78 is 5.43. The van der Waals surface area contributed by atoms with Crippen LogP contribution in [-0.4, -0.2) is 42.8 Å². The molecule has 0 aliphatic heterocycles. The molecule has 5 nitrogen and oxygen atoms in total. The molecule has 0 aromatic heterocycles. The molecule has 0 radical (unpaired) electrons. The molecule has 2 N–H and O–H groups in total. The number of nitrogens with zero attached hydrogens (tertiary/aromatic N) is 1. The molecule has 1 atom stereocenters. The molecule has 0 bridgehead atoms. The minimum Gasteiger partial charge on any atom is -0.496 e. The Hall–Kier alpha value is -1.75. The number of amides is 2. The lowest BCUT2D eigenvalue weighted by molar-refractivity contribution is 0.166. The van der Waals surface area contributed by atoms with Crippen molar-refractivity contribution < 1.29 is 14.6 Å². The van der Waals surface area contributed by atoms with E-state index in [4.69, 9.17) is 9.84 Å². The van der Waals surface area contributed by atoms with E-state index >= 15 is 0 Å². The zero-order valence-electron chi connectivity index (χ0n) is 14.2. The molecule has 0 heterocycles. The second kappa shape index (κ2) is 8.03. The third-order valence-corrected chi connectivity index (χ3v) is 3.62. The van der Waals surface area contributed by atoms with Gasteiger partial charge in [0.2, 0.25) is 0 Å². The number of aliphatic hydroxyl groups is 1. The average Bonchev–Trinajstić information content (AvgIpc) is 2.48. The molecule has 0 aliphatic carbocycles. The molecule has 5 heteroatoms. The minimum absolute atomic E-state index is 0.0455. The molecular weight excluding hydrogens is 280 g/mol. The molecule has 22 heavy (non-hydrogen) atoms. The van der Waals surface area contributed by atoms with Crippen LogP contribution in [0.15, 0.2) is 24.3 Å². The molecule has 2 amide bonds. The summed E-state index contributed by atoms with van der Waals surface area (Å²) in [5.41, 5.74) is 0.772. The summed E-state index contributed by atoms with van der Waals surface area (Å²) in [6.07, 6.45) is 0. The first-order valence-corrected chi connectivity index (χ1v) is 7.64. The number of methoxy groups -OCH3 is 1. The average molecular weight is 308 g/mol. The molecule has 1 aromatic rings. The number of hydrogen-bond acceptors (Lipinski definition) is 3. The van der Waals surface area contributed by atoms with Gasteiger partial charge < -0.3 is 20.1 Å². The summed E-state index contributed by atoms with van der Waals surface area (Å²) in [4.78, 5) is 14.0. The van der Waals surface area contributed by atoms with Gasteiger partial charge in [0.15, 0.2) is 0 Å². The lowest BCUT2D eigenvalue weighted by Crippen LogP contribution is -2.46. The Morgan fingerprint density at radius 3 is 2.50 bits per heavy atom. The third kappa shape index (κ3) is 4.63. The van der Waals surface area contributed by atoms with Gasteiger partial charge >= 0.3 is 6.03 Å². The fraction of sp³-hybridized carbons (Fsp3) is 0.588. The number of carbonyl (C=O) groups is 1. The lowest BCUT2D eigenvalue weighted by Gasteiger charge is -2.34. The summed E-state index contributed by atoms with van der Waals surface area (Å²) >= 11 is 0. The van der Waals surface area contributed by atoms with Crippen LogP contribution < -0.4 is 10.1 Å². The van der Waals surface area contributed by atoms with Gasteiger partial charge in [0.1, 0.15) is 5.75 Å². The second-order valence-corrected chi connectivity index (χ2v) is 6.29. The Kier molecular flexibility index (Phi) is 6.68. The molecule has 0 spiro atoms. The Bertz CT molecular complexity index is 483. The SMILES string of the molecule is CCN(CCO)C(=O)NC(c1ccccc1OC)C(C)(C)C. The van der Waals surface area contributed by atoms with Gasteiger partial charge in [-0.05, 0) is 18.4 Å². The summed E-state index contributed by atoms with van der Waals surface area (Å²) in [5.74, 6) is 0.757. The molecule has 1 aromatic carbocycles. The van der Waals surface area contributed by atoms with E-state index in [9.17, 15) is 4.79 Å². The fourth-order valence-electron chi connectivity index (χ4n) is 2.40. The monoisotopic (exact) mass is 308 g/mol. The Morgan fingerprint density at radius 2 is 2.00 bits per heavy atom. The van der Waals surface area contributed by atoms with Crippen LogP contribution in [0.5, 0.6) is 5.75 Å². The van der Waals surface area contributed by atoms with Crippen LogP contribution in [0, 0.1) is 5.41 Å². The van der Waals surface area contributed by atoms with E-state index in [1.807, 2.05) is 31.2 Å². The summed E-state index contributed by atoms with van der Waals surface area (Å²) in [7, 11) is 1.63. The predicted molar refractivity (Wildman–Crippen MR) is 88.1 cm³/mol. The largest absolute Gasteiger partial charge is 0.496 e. The standard InChI is InChI=1S/C17H28N2O3/c1-6-19(11-12-20)16(21)18-15(17(2,3)4)13-9-7-8-10-14(13)22-5/h7-10,15,20H,6,11-12H2,1-5H3,(H,18,21). The Balaban J connectivity index is 3.07. The zero-order chi connectivity index (χ0) is 16.8. The van der Waals surface area contributed by atoms with Gasteiger partial charge in [-0.1, -0.05) is 39.0 Å². The zero-order valence-corrected chi connectivity index (χ0v) is 14.2. The number of nitrogens with one attached hydrogen (secondary N) is 1. The van der Waals surface area contributed by atoms with E-state index in [2.05, 4.69) is 26.1 Å². The van der Waals surface area contributed by atoms with E-state index < -0.39 is 0 Å². The highest BCUT2D eigenvalue weighted by molar-refractivity contribution is 5.75. The molecule has 0 saturated carbocycles. The summed E-state index contributed by atoms with van der Waals surface area (Å²) in [6, 6.07) is 7.34. The van der Waals surface area contributed by atoms with Crippen LogP contribution in [0.2, 0.25) is 0 Å². The third-order valence-electron chi connectivity index (χ3n) is 3.62. The first kappa shape index (κ1) is 18.3. The van der Waals surface area contributed by atoms with Crippen LogP contribution in [0.25, 0.3) is 0 Å². The molecular formula is C17H28N2O3. The lowest BCUT2D eigenvalue weighted by atomic mass is 9.82. The van der Waals surface area contributed by atoms with Gasteiger partial charge in [-0.15, -0.1) is 0 Å². The predicted octanol–water partition coefficient (Wildman–Crippen LogP) is 2.81. The number of aliphatic hydroxyl groups excluding tert-OH is 1. The molecule has 0 saturated heterocycles. The first-order chi connectivity index (χ1) is 10.3. The quantitative estimate of drug-likeness (QED) is 0.849. The van der Waals surface area contributed by atoms with Crippen LogP contribution in [0.3, 0.4) is 0 Å². The number of rotatable bonds is 6. The van der Waals surface area contributed by atoms with E-state index in [0.29, 0.717) is 13.1 Å². The molecule has 1 unspecified atom stereocenters. The number of benzene rings is 1. The van der Waals surface area contributed by atoms with Gasteiger partial charge in [0.25, 0.3) is 0 Å². The Morgan fingerprint density at radius 1 is 1.36 bits per heavy atom. The highest BCUT2D eigenvalue weighted by Crippen LogP contribution is 2.37. The van der Waals surface area contributed by atoms with Crippen molar-refractivity contribution >= 4 is 6.03 Å². The van der Waals surface area contributed by atoms with Crippen LogP contribution in [0.4, 0.5) is 4.79 Å². The van der Waals surface area contributed by atoms with Gasteiger partial charge in [-0.3, -0.25) is 0 Å².